The highest BCUT2D eigenvalue weighted by molar-refractivity contribution is 5.75. The Morgan fingerprint density at radius 1 is 1.11 bits per heavy atom. The first-order valence-electron chi connectivity index (χ1n) is 7.25. The minimum absolute atomic E-state index is 0.158. The van der Waals surface area contributed by atoms with Crippen LogP contribution < -0.4 is 10.6 Å². The second-order valence-corrected chi connectivity index (χ2v) is 4.94. The van der Waals surface area contributed by atoms with Gasteiger partial charge >= 0.3 is 0 Å². The molecule has 0 atom stereocenters. The standard InChI is InChI=1S/C16H26N2O/c1-3-11-17-12-13-18-16(19)6-4-5-15-9-7-14(2)8-10-15/h7-10,17H,3-6,11-13H2,1-2H3,(H,18,19). The van der Waals surface area contributed by atoms with Crippen molar-refractivity contribution in [3.63, 3.8) is 0 Å². The van der Waals surface area contributed by atoms with Gasteiger partial charge < -0.3 is 10.6 Å². The van der Waals surface area contributed by atoms with E-state index in [4.69, 9.17) is 0 Å². The molecule has 0 saturated heterocycles. The van der Waals surface area contributed by atoms with Crippen LogP contribution in [-0.2, 0) is 11.2 Å². The second kappa shape index (κ2) is 9.56. The number of carbonyl (C=O) groups is 1. The third-order valence-electron chi connectivity index (χ3n) is 3.04. The van der Waals surface area contributed by atoms with Crippen molar-refractivity contribution in [3.8, 4) is 0 Å². The van der Waals surface area contributed by atoms with E-state index in [-0.39, 0.29) is 5.91 Å². The van der Waals surface area contributed by atoms with Crippen LogP contribution in [0.3, 0.4) is 0 Å². The number of hydrogen-bond acceptors (Lipinski definition) is 2. The lowest BCUT2D eigenvalue weighted by atomic mass is 10.1. The van der Waals surface area contributed by atoms with Crippen LogP contribution in [-0.4, -0.2) is 25.5 Å². The maximum absolute atomic E-state index is 11.6. The predicted molar refractivity (Wildman–Crippen MR) is 80.3 cm³/mol. The molecule has 0 heterocycles. The predicted octanol–water partition coefficient (Wildman–Crippen LogP) is 2.43. The summed E-state index contributed by atoms with van der Waals surface area (Å²) < 4.78 is 0. The van der Waals surface area contributed by atoms with Crippen molar-refractivity contribution < 1.29 is 4.79 Å². The SMILES string of the molecule is CCCNCCNC(=O)CCCc1ccc(C)cc1. The second-order valence-electron chi connectivity index (χ2n) is 4.94. The number of hydrogen-bond donors (Lipinski definition) is 2. The Kier molecular flexibility index (Phi) is 7.91. The van der Waals surface area contributed by atoms with Gasteiger partial charge in [0.1, 0.15) is 0 Å². The first-order chi connectivity index (χ1) is 9.22. The minimum Gasteiger partial charge on any atom is -0.355 e. The molecule has 1 rings (SSSR count). The Balaban J connectivity index is 2.05. The first kappa shape index (κ1) is 15.7. The molecule has 0 fully saturated rings. The molecule has 0 aliphatic rings. The molecule has 1 aromatic carbocycles. The summed E-state index contributed by atoms with van der Waals surface area (Å²) in [5.74, 6) is 0.158. The normalized spacial score (nSPS) is 10.4. The molecule has 0 unspecified atom stereocenters. The quantitative estimate of drug-likeness (QED) is 0.671. The molecule has 0 aromatic heterocycles. The first-order valence-corrected chi connectivity index (χ1v) is 7.25. The number of amides is 1. The zero-order valence-electron chi connectivity index (χ0n) is 12.2. The van der Waals surface area contributed by atoms with Crippen LogP contribution in [0.4, 0.5) is 0 Å². The Morgan fingerprint density at radius 2 is 1.84 bits per heavy atom. The van der Waals surface area contributed by atoms with E-state index in [1.54, 1.807) is 0 Å². The van der Waals surface area contributed by atoms with Gasteiger partial charge in [0.2, 0.25) is 5.91 Å². The van der Waals surface area contributed by atoms with Crippen molar-refractivity contribution in [2.24, 2.45) is 0 Å². The molecule has 2 N–H and O–H groups in total. The third kappa shape index (κ3) is 7.62. The fourth-order valence-corrected chi connectivity index (χ4v) is 1.89. The monoisotopic (exact) mass is 262 g/mol. The van der Waals surface area contributed by atoms with Gasteiger partial charge in [-0.2, -0.15) is 0 Å². The highest BCUT2D eigenvalue weighted by Gasteiger charge is 2.00. The van der Waals surface area contributed by atoms with Crippen molar-refractivity contribution in [2.75, 3.05) is 19.6 Å². The van der Waals surface area contributed by atoms with Crippen LogP contribution in [0.5, 0.6) is 0 Å². The van der Waals surface area contributed by atoms with Gasteiger partial charge in [0.25, 0.3) is 0 Å². The Bertz CT molecular complexity index is 360. The molecular weight excluding hydrogens is 236 g/mol. The average Bonchev–Trinajstić information content (AvgIpc) is 2.41. The Morgan fingerprint density at radius 3 is 2.53 bits per heavy atom. The summed E-state index contributed by atoms with van der Waals surface area (Å²) in [7, 11) is 0. The molecule has 106 valence electrons. The molecule has 0 aliphatic carbocycles. The van der Waals surface area contributed by atoms with E-state index in [2.05, 4.69) is 48.7 Å². The summed E-state index contributed by atoms with van der Waals surface area (Å²) in [6.07, 6.45) is 3.63. The minimum atomic E-state index is 0.158. The van der Waals surface area contributed by atoms with E-state index in [0.717, 1.165) is 38.9 Å². The summed E-state index contributed by atoms with van der Waals surface area (Å²) in [6, 6.07) is 8.52. The molecule has 0 spiro atoms. The molecule has 1 aromatic rings. The lowest BCUT2D eigenvalue weighted by Gasteiger charge is -2.06. The van der Waals surface area contributed by atoms with Gasteiger partial charge in [-0.25, -0.2) is 0 Å². The number of carbonyl (C=O) groups excluding carboxylic acids is 1. The molecule has 3 heteroatoms. The summed E-state index contributed by atoms with van der Waals surface area (Å²) in [5, 5.41) is 6.20. The smallest absolute Gasteiger partial charge is 0.220 e. The maximum atomic E-state index is 11.6. The van der Waals surface area contributed by atoms with Crippen LogP contribution >= 0.6 is 0 Å². The zero-order valence-corrected chi connectivity index (χ0v) is 12.2. The van der Waals surface area contributed by atoms with E-state index in [1.165, 1.54) is 11.1 Å². The maximum Gasteiger partial charge on any atom is 0.220 e. The zero-order chi connectivity index (χ0) is 13.9. The van der Waals surface area contributed by atoms with E-state index >= 15 is 0 Å². The van der Waals surface area contributed by atoms with Gasteiger partial charge in [0.15, 0.2) is 0 Å². The topological polar surface area (TPSA) is 41.1 Å². The molecule has 3 nitrogen and oxygen atoms in total. The van der Waals surface area contributed by atoms with Gasteiger partial charge in [0, 0.05) is 19.5 Å². The number of aryl methyl sites for hydroxylation is 2. The number of benzene rings is 1. The van der Waals surface area contributed by atoms with Crippen molar-refractivity contribution in [1.29, 1.82) is 0 Å². The van der Waals surface area contributed by atoms with Gasteiger partial charge in [-0.05, 0) is 38.3 Å². The molecule has 0 saturated carbocycles. The van der Waals surface area contributed by atoms with E-state index < -0.39 is 0 Å². The van der Waals surface area contributed by atoms with Gasteiger partial charge in [0.05, 0.1) is 0 Å². The fraction of sp³-hybridized carbons (Fsp3) is 0.562. The van der Waals surface area contributed by atoms with Crippen molar-refractivity contribution in [1.82, 2.24) is 10.6 Å². The van der Waals surface area contributed by atoms with Crippen molar-refractivity contribution in [2.45, 2.75) is 39.5 Å². The van der Waals surface area contributed by atoms with Gasteiger partial charge in [-0.15, -0.1) is 0 Å². The average molecular weight is 262 g/mol. The lowest BCUT2D eigenvalue weighted by Crippen LogP contribution is -2.31. The summed E-state index contributed by atoms with van der Waals surface area (Å²) in [6.45, 7) is 6.82. The Hall–Kier alpha value is -1.35. The lowest BCUT2D eigenvalue weighted by molar-refractivity contribution is -0.121. The van der Waals surface area contributed by atoms with E-state index in [0.29, 0.717) is 6.42 Å². The molecular formula is C16H26N2O. The van der Waals surface area contributed by atoms with Crippen LogP contribution in [0, 0.1) is 6.92 Å². The van der Waals surface area contributed by atoms with E-state index in [9.17, 15) is 4.79 Å². The number of rotatable bonds is 9. The van der Waals surface area contributed by atoms with Crippen LogP contribution in [0.15, 0.2) is 24.3 Å². The van der Waals surface area contributed by atoms with Crippen molar-refractivity contribution >= 4 is 5.91 Å². The fourth-order valence-electron chi connectivity index (χ4n) is 1.89. The molecule has 1 amide bonds. The molecule has 0 bridgehead atoms. The molecule has 19 heavy (non-hydrogen) atoms. The third-order valence-corrected chi connectivity index (χ3v) is 3.04. The summed E-state index contributed by atoms with van der Waals surface area (Å²) in [4.78, 5) is 11.6. The van der Waals surface area contributed by atoms with Crippen LogP contribution in [0.25, 0.3) is 0 Å². The highest BCUT2D eigenvalue weighted by atomic mass is 16.1. The summed E-state index contributed by atoms with van der Waals surface area (Å²) >= 11 is 0. The van der Waals surface area contributed by atoms with Crippen LogP contribution in [0.1, 0.15) is 37.3 Å². The molecule has 0 radical (unpaired) electrons. The highest BCUT2D eigenvalue weighted by Crippen LogP contribution is 2.06. The number of nitrogens with one attached hydrogen (secondary N) is 2. The Labute approximate surface area is 116 Å². The van der Waals surface area contributed by atoms with Crippen molar-refractivity contribution in [3.05, 3.63) is 35.4 Å². The van der Waals surface area contributed by atoms with Gasteiger partial charge in [-0.1, -0.05) is 36.8 Å². The van der Waals surface area contributed by atoms with E-state index in [1.807, 2.05) is 0 Å². The summed E-state index contributed by atoms with van der Waals surface area (Å²) in [5.41, 5.74) is 2.59. The largest absolute Gasteiger partial charge is 0.355 e. The molecule has 0 aliphatic heterocycles. The van der Waals surface area contributed by atoms with Crippen LogP contribution in [0.2, 0.25) is 0 Å². The van der Waals surface area contributed by atoms with Gasteiger partial charge in [-0.3, -0.25) is 4.79 Å².